The van der Waals surface area contributed by atoms with Crippen LogP contribution in [0.1, 0.15) is 6.92 Å². The summed E-state index contributed by atoms with van der Waals surface area (Å²) >= 11 is 0. The smallest absolute Gasteiger partial charge is 0.494 e. The second-order valence-corrected chi connectivity index (χ2v) is 10.8. The van der Waals surface area contributed by atoms with Crippen LogP contribution in [0.4, 0.5) is 22.0 Å². The Balaban J connectivity index is 2.36. The first kappa shape index (κ1) is 24.0. The highest BCUT2D eigenvalue weighted by atomic mass is 32.3. The number of halogens is 5. The molecule has 0 aromatic heterocycles. The molecular formula is C21H17F5O4S2. The number of rotatable bonds is 7. The van der Waals surface area contributed by atoms with Gasteiger partial charge in [-0.1, -0.05) is 0 Å². The fraction of sp³-hybridized carbons (Fsp3) is 0.143. The summed E-state index contributed by atoms with van der Waals surface area (Å²) in [6, 6.07) is 14.0. The fourth-order valence-corrected chi connectivity index (χ4v) is 7.55. The number of ether oxygens (including phenoxy) is 1. The van der Waals surface area contributed by atoms with Crippen molar-refractivity contribution in [2.45, 2.75) is 27.1 Å². The van der Waals surface area contributed by atoms with Gasteiger partial charge in [-0.2, -0.15) is 25.2 Å². The van der Waals surface area contributed by atoms with Crippen molar-refractivity contribution in [2.24, 2.45) is 0 Å². The van der Waals surface area contributed by atoms with E-state index in [1.54, 1.807) is 6.92 Å². The lowest BCUT2D eigenvalue weighted by molar-refractivity contribution is -0.0496. The highest BCUT2D eigenvalue weighted by Gasteiger charge is 2.52. The van der Waals surface area contributed by atoms with Crippen LogP contribution in [-0.2, 0) is 13.7 Å². The Morgan fingerprint density at radius 1 is 0.719 bits per heavy atom. The third-order valence-electron chi connectivity index (χ3n) is 4.23. The van der Waals surface area contributed by atoms with Crippen LogP contribution < -0.4 is 4.74 Å². The van der Waals surface area contributed by atoms with E-state index >= 15 is 0 Å². The molecule has 11 heteroatoms. The van der Waals surface area contributed by atoms with Gasteiger partial charge in [0, 0.05) is 14.7 Å². The van der Waals surface area contributed by atoms with Gasteiger partial charge in [0.05, 0.1) is 6.61 Å². The monoisotopic (exact) mass is 492 g/mol. The van der Waals surface area contributed by atoms with Gasteiger partial charge >= 0.3 is 15.6 Å². The minimum atomic E-state index is -6.12. The third-order valence-corrected chi connectivity index (χ3v) is 9.14. The van der Waals surface area contributed by atoms with E-state index in [4.69, 9.17) is 8.37 Å². The number of alkyl halides is 3. The van der Waals surface area contributed by atoms with Crippen molar-refractivity contribution in [3.05, 3.63) is 84.4 Å². The lowest BCUT2D eigenvalue weighted by Crippen LogP contribution is -2.27. The van der Waals surface area contributed by atoms with Crippen LogP contribution in [0.3, 0.4) is 0 Å². The molecule has 0 radical (unpaired) electrons. The molecule has 0 aliphatic carbocycles. The van der Waals surface area contributed by atoms with E-state index in [9.17, 15) is 30.4 Å². The second kappa shape index (κ2) is 9.08. The zero-order valence-electron chi connectivity index (χ0n) is 16.5. The van der Waals surface area contributed by atoms with Gasteiger partial charge in [-0.3, -0.25) is 0 Å². The van der Waals surface area contributed by atoms with Crippen molar-refractivity contribution in [1.29, 1.82) is 0 Å². The third kappa shape index (κ3) is 4.74. The van der Waals surface area contributed by atoms with Crippen molar-refractivity contribution >= 4 is 20.4 Å². The summed E-state index contributed by atoms with van der Waals surface area (Å²) < 4.78 is 102. The molecule has 0 fully saturated rings. The Bertz CT molecular complexity index is 1120. The molecule has 32 heavy (non-hydrogen) atoms. The molecule has 0 aliphatic rings. The molecule has 0 saturated carbocycles. The van der Waals surface area contributed by atoms with Crippen LogP contribution >= 0.6 is 10.3 Å². The molecule has 0 amide bonds. The molecule has 3 aromatic rings. The molecule has 172 valence electrons. The predicted molar refractivity (Wildman–Crippen MR) is 109 cm³/mol. The first-order valence-electron chi connectivity index (χ1n) is 9.09. The maximum absolute atomic E-state index is 13.6. The summed E-state index contributed by atoms with van der Waals surface area (Å²) in [5.41, 5.74) is -5.73. The molecule has 0 spiro atoms. The lowest BCUT2D eigenvalue weighted by Gasteiger charge is -2.39. The zero-order chi connectivity index (χ0) is 23.6. The Kier molecular flexibility index (Phi) is 6.82. The van der Waals surface area contributed by atoms with Crippen LogP contribution in [0.2, 0.25) is 0 Å². The topological polar surface area (TPSA) is 52.6 Å². The van der Waals surface area contributed by atoms with Gasteiger partial charge in [-0.25, -0.2) is 8.78 Å². The summed E-state index contributed by atoms with van der Waals surface area (Å²) in [4.78, 5) is -0.0306. The van der Waals surface area contributed by atoms with Crippen molar-refractivity contribution in [1.82, 2.24) is 0 Å². The summed E-state index contributed by atoms with van der Waals surface area (Å²) in [6.07, 6.45) is 0. The van der Waals surface area contributed by atoms with Crippen LogP contribution in [0.15, 0.2) is 87.5 Å². The SMILES string of the molecule is CCOc1ccc(S(OS(=O)(=O)C(F)(F)F)(c2ccc(F)cc2)c2ccc(F)cc2)cc1. The van der Waals surface area contributed by atoms with Gasteiger partial charge in [0.15, 0.2) is 0 Å². The Morgan fingerprint density at radius 2 is 1.09 bits per heavy atom. The van der Waals surface area contributed by atoms with Crippen molar-refractivity contribution in [3.8, 4) is 5.75 Å². The lowest BCUT2D eigenvalue weighted by atomic mass is 10.3. The Labute approximate surface area is 183 Å². The first-order valence-corrected chi connectivity index (χ1v) is 12.1. The van der Waals surface area contributed by atoms with Crippen LogP contribution in [0.5, 0.6) is 5.75 Å². The van der Waals surface area contributed by atoms with Crippen LogP contribution in [-0.4, -0.2) is 20.5 Å². The van der Waals surface area contributed by atoms with Crippen LogP contribution in [0, 0.1) is 11.6 Å². The molecule has 0 saturated heterocycles. The van der Waals surface area contributed by atoms with E-state index in [0.717, 1.165) is 48.5 Å². The Morgan fingerprint density at radius 3 is 1.44 bits per heavy atom. The second-order valence-electron chi connectivity index (χ2n) is 6.34. The van der Waals surface area contributed by atoms with E-state index in [0.29, 0.717) is 12.4 Å². The first-order chi connectivity index (χ1) is 15.0. The van der Waals surface area contributed by atoms with E-state index in [1.165, 1.54) is 24.3 Å². The summed E-state index contributed by atoms with van der Waals surface area (Å²) in [5.74, 6) is -0.987. The van der Waals surface area contributed by atoms with Gasteiger partial charge in [0.2, 0.25) is 0 Å². The minimum Gasteiger partial charge on any atom is -0.494 e. The average Bonchev–Trinajstić information content (AvgIpc) is 2.73. The van der Waals surface area contributed by atoms with E-state index < -0.39 is 37.6 Å². The quantitative estimate of drug-likeness (QED) is 0.282. The van der Waals surface area contributed by atoms with E-state index in [-0.39, 0.29) is 14.7 Å². The summed E-state index contributed by atoms with van der Waals surface area (Å²) in [5, 5.41) is 0. The molecular weight excluding hydrogens is 475 g/mol. The highest BCUT2D eigenvalue weighted by Crippen LogP contribution is 2.70. The van der Waals surface area contributed by atoms with Gasteiger partial charge in [-0.05, 0) is 90.0 Å². The molecule has 0 bridgehead atoms. The van der Waals surface area contributed by atoms with E-state index in [2.05, 4.69) is 0 Å². The van der Waals surface area contributed by atoms with E-state index in [1.807, 2.05) is 0 Å². The van der Waals surface area contributed by atoms with Gasteiger partial charge in [-0.15, -0.1) is 0 Å². The van der Waals surface area contributed by atoms with Gasteiger partial charge < -0.3 is 4.74 Å². The molecule has 0 heterocycles. The van der Waals surface area contributed by atoms with Crippen molar-refractivity contribution in [3.63, 3.8) is 0 Å². The summed E-state index contributed by atoms with van der Waals surface area (Å²) in [6.45, 7) is 2.06. The maximum Gasteiger partial charge on any atom is 0.524 e. The standard InChI is InChI=1S/C21H17F5O4S2/c1-2-29-17-7-13-20(14-8-17)31(18-9-3-15(22)4-10-18,19-11-5-16(23)6-12-19)30-32(27,28)21(24,25)26/h3-14H,2H2,1H3. The molecule has 3 aromatic carbocycles. The molecule has 0 atom stereocenters. The normalized spacial score (nSPS) is 13.1. The molecule has 0 N–H and O–H groups in total. The largest absolute Gasteiger partial charge is 0.524 e. The maximum atomic E-state index is 13.6. The van der Waals surface area contributed by atoms with Gasteiger partial charge in [0.1, 0.15) is 17.4 Å². The number of benzene rings is 3. The predicted octanol–water partition coefficient (Wildman–Crippen LogP) is 6.43. The zero-order valence-corrected chi connectivity index (χ0v) is 18.1. The fourth-order valence-electron chi connectivity index (χ4n) is 2.85. The number of hydrogen-bond acceptors (Lipinski definition) is 4. The van der Waals surface area contributed by atoms with Crippen molar-refractivity contribution < 1.29 is 38.7 Å². The summed E-state index contributed by atoms with van der Waals surface area (Å²) in [7, 11) is -9.76. The molecule has 0 unspecified atom stereocenters. The average molecular weight is 492 g/mol. The number of hydrogen-bond donors (Lipinski definition) is 0. The molecule has 3 rings (SSSR count). The van der Waals surface area contributed by atoms with Gasteiger partial charge in [0.25, 0.3) is 0 Å². The van der Waals surface area contributed by atoms with Crippen LogP contribution in [0.25, 0.3) is 0 Å². The molecule has 0 aliphatic heterocycles. The molecule has 4 nitrogen and oxygen atoms in total. The van der Waals surface area contributed by atoms with Crippen molar-refractivity contribution in [2.75, 3.05) is 6.61 Å². The minimum absolute atomic E-state index is 0.0394. The highest BCUT2D eigenvalue weighted by molar-refractivity contribution is 8.33. The Hall–Kier alpha value is -2.63.